The van der Waals surface area contributed by atoms with Gasteiger partial charge in [0.1, 0.15) is 0 Å². The molecule has 1 aliphatic rings. The zero-order valence-corrected chi connectivity index (χ0v) is 17.8. The summed E-state index contributed by atoms with van der Waals surface area (Å²) >= 11 is 0. The Hall–Kier alpha value is -2.86. The van der Waals surface area contributed by atoms with Crippen LogP contribution in [0.2, 0.25) is 0 Å². The van der Waals surface area contributed by atoms with Gasteiger partial charge in [-0.1, -0.05) is 18.2 Å². The topological polar surface area (TPSA) is 74.4 Å². The Morgan fingerprint density at radius 3 is 2.62 bits per heavy atom. The minimum absolute atomic E-state index is 0.0157. The molecule has 1 aromatic heterocycles. The molecule has 154 valence electrons. The number of benzene rings is 1. The van der Waals surface area contributed by atoms with Gasteiger partial charge in [0.15, 0.2) is 0 Å². The van der Waals surface area contributed by atoms with E-state index in [1.165, 1.54) is 0 Å². The van der Waals surface area contributed by atoms with Gasteiger partial charge in [-0.05, 0) is 71.4 Å². The number of carbonyl (C=O) groups is 2. The molecule has 1 aromatic carbocycles. The molecule has 2 aromatic rings. The van der Waals surface area contributed by atoms with Gasteiger partial charge in [-0.2, -0.15) is 0 Å². The summed E-state index contributed by atoms with van der Waals surface area (Å²) in [6.45, 7) is 11.2. The molecular weight excluding hydrogens is 366 g/mol. The highest BCUT2D eigenvalue weighted by Crippen LogP contribution is 2.38. The molecule has 2 N–H and O–H groups in total. The molecule has 1 aliphatic heterocycles. The predicted molar refractivity (Wildman–Crippen MR) is 116 cm³/mol. The monoisotopic (exact) mass is 395 g/mol. The van der Waals surface area contributed by atoms with Crippen molar-refractivity contribution in [2.75, 3.05) is 18.1 Å². The summed E-state index contributed by atoms with van der Waals surface area (Å²) in [7, 11) is 0. The number of imide groups is 1. The van der Waals surface area contributed by atoms with Gasteiger partial charge in [0.25, 0.3) is 5.91 Å². The number of hydrogen-bond donors (Lipinski definition) is 2. The number of rotatable bonds is 5. The number of hydrogen-bond acceptors (Lipinski definition) is 4. The third kappa shape index (κ3) is 4.77. The second-order valence-corrected chi connectivity index (χ2v) is 8.41. The Balaban J connectivity index is 1.76. The summed E-state index contributed by atoms with van der Waals surface area (Å²) in [4.78, 5) is 30.1. The van der Waals surface area contributed by atoms with E-state index in [1.807, 2.05) is 44.2 Å². The third-order valence-electron chi connectivity index (χ3n) is 4.73. The first kappa shape index (κ1) is 20.9. The van der Waals surface area contributed by atoms with Crippen molar-refractivity contribution in [1.82, 2.24) is 10.3 Å². The summed E-state index contributed by atoms with van der Waals surface area (Å²) in [5, 5.41) is 3.35. The van der Waals surface area contributed by atoms with Crippen LogP contribution in [-0.4, -0.2) is 35.7 Å². The number of nitrogens with zero attached hydrogens (tertiary/aromatic N) is 1. The van der Waals surface area contributed by atoms with Gasteiger partial charge in [0.2, 0.25) is 0 Å². The first-order valence-electron chi connectivity index (χ1n) is 9.91. The summed E-state index contributed by atoms with van der Waals surface area (Å²) in [5.41, 5.74) is 4.72. The molecular formula is C23H29N3O3. The molecule has 2 amide bonds. The second-order valence-electron chi connectivity index (χ2n) is 8.41. The van der Waals surface area contributed by atoms with E-state index in [0.717, 1.165) is 34.0 Å². The molecule has 0 unspecified atom stereocenters. The van der Waals surface area contributed by atoms with Crippen LogP contribution in [0, 0.1) is 13.8 Å². The zero-order chi connectivity index (χ0) is 21.2. The maximum absolute atomic E-state index is 13.1. The van der Waals surface area contributed by atoms with Crippen molar-refractivity contribution in [3.05, 3.63) is 52.8 Å². The molecule has 0 radical (unpaired) electrons. The molecule has 0 fully saturated rings. The number of aromatic nitrogens is 1. The minimum atomic E-state index is -0.638. The van der Waals surface area contributed by atoms with Crippen molar-refractivity contribution < 1.29 is 14.3 Å². The van der Waals surface area contributed by atoms with E-state index < -0.39 is 6.09 Å². The average molecular weight is 396 g/mol. The number of nitrogens with one attached hydrogen (secondary N) is 2. The van der Waals surface area contributed by atoms with Gasteiger partial charge >= 0.3 is 6.09 Å². The molecule has 0 saturated carbocycles. The number of H-pyrrole nitrogens is 1. The second kappa shape index (κ2) is 8.25. The van der Waals surface area contributed by atoms with Crippen LogP contribution in [0.1, 0.15) is 49.7 Å². The molecule has 0 aliphatic carbocycles. The van der Waals surface area contributed by atoms with Crippen LogP contribution in [0.15, 0.2) is 30.3 Å². The van der Waals surface area contributed by atoms with Gasteiger partial charge in [0, 0.05) is 22.5 Å². The van der Waals surface area contributed by atoms with E-state index >= 15 is 0 Å². The maximum atomic E-state index is 13.1. The fourth-order valence-corrected chi connectivity index (χ4v) is 3.37. The van der Waals surface area contributed by atoms with Crippen molar-refractivity contribution in [2.24, 2.45) is 0 Å². The van der Waals surface area contributed by atoms with Gasteiger partial charge < -0.3 is 15.0 Å². The summed E-state index contributed by atoms with van der Waals surface area (Å²) < 4.78 is 5.39. The van der Waals surface area contributed by atoms with Crippen molar-refractivity contribution >= 4 is 29.3 Å². The highest BCUT2D eigenvalue weighted by Gasteiger charge is 2.37. The SMILES string of the molecule is Cc1cc(C)c(/C=C2\C(=O)N(C(=O)OCCCNC(C)(C)C)c3ccccc32)[nH]1. The van der Waals surface area contributed by atoms with Crippen molar-refractivity contribution in [2.45, 2.75) is 46.6 Å². The van der Waals surface area contributed by atoms with E-state index in [-0.39, 0.29) is 18.1 Å². The number of carbonyl (C=O) groups excluding carboxylic acids is 2. The fourth-order valence-electron chi connectivity index (χ4n) is 3.37. The van der Waals surface area contributed by atoms with Crippen LogP contribution >= 0.6 is 0 Å². The summed E-state index contributed by atoms with van der Waals surface area (Å²) in [6.07, 6.45) is 1.85. The van der Waals surface area contributed by atoms with Crippen LogP contribution in [-0.2, 0) is 9.53 Å². The molecule has 3 rings (SSSR count). The maximum Gasteiger partial charge on any atom is 0.421 e. The number of aromatic amines is 1. The largest absolute Gasteiger partial charge is 0.449 e. The van der Waals surface area contributed by atoms with E-state index in [2.05, 4.69) is 31.1 Å². The highest BCUT2D eigenvalue weighted by molar-refractivity contribution is 6.41. The predicted octanol–water partition coefficient (Wildman–Crippen LogP) is 4.43. The highest BCUT2D eigenvalue weighted by atomic mass is 16.6. The number of anilines is 1. The van der Waals surface area contributed by atoms with Crippen LogP contribution in [0.3, 0.4) is 0 Å². The molecule has 0 atom stereocenters. The molecule has 0 spiro atoms. The van der Waals surface area contributed by atoms with Gasteiger partial charge in [-0.3, -0.25) is 4.79 Å². The van der Waals surface area contributed by atoms with Gasteiger partial charge in [-0.15, -0.1) is 0 Å². The molecule has 0 saturated heterocycles. The Morgan fingerprint density at radius 2 is 1.97 bits per heavy atom. The van der Waals surface area contributed by atoms with Gasteiger partial charge in [-0.25, -0.2) is 9.69 Å². The van der Waals surface area contributed by atoms with Gasteiger partial charge in [0.05, 0.1) is 17.9 Å². The lowest BCUT2D eigenvalue weighted by molar-refractivity contribution is -0.112. The lowest BCUT2D eigenvalue weighted by atomic mass is 10.1. The van der Waals surface area contributed by atoms with E-state index in [4.69, 9.17) is 4.74 Å². The van der Waals surface area contributed by atoms with Crippen LogP contribution in [0.5, 0.6) is 0 Å². The number of fused-ring (bicyclic) bond motifs is 1. The Labute approximate surface area is 171 Å². The third-order valence-corrected chi connectivity index (χ3v) is 4.73. The normalized spacial score (nSPS) is 15.1. The van der Waals surface area contributed by atoms with Crippen LogP contribution in [0.25, 0.3) is 11.6 Å². The smallest absolute Gasteiger partial charge is 0.421 e. The first-order chi connectivity index (χ1) is 13.7. The number of aryl methyl sites for hydroxylation is 2. The number of amides is 2. The Morgan fingerprint density at radius 1 is 1.24 bits per heavy atom. The van der Waals surface area contributed by atoms with Crippen LogP contribution < -0.4 is 10.2 Å². The molecule has 6 heteroatoms. The number of ether oxygens (including phenoxy) is 1. The summed E-state index contributed by atoms with van der Waals surface area (Å²) in [6, 6.07) is 9.32. The summed E-state index contributed by atoms with van der Waals surface area (Å²) in [5.74, 6) is -0.365. The molecule has 0 bridgehead atoms. The van der Waals surface area contributed by atoms with Crippen molar-refractivity contribution in [3.8, 4) is 0 Å². The zero-order valence-electron chi connectivity index (χ0n) is 17.8. The average Bonchev–Trinajstić information content (AvgIpc) is 3.10. The Bertz CT molecular complexity index is 951. The first-order valence-corrected chi connectivity index (χ1v) is 9.91. The lowest BCUT2D eigenvalue weighted by Crippen LogP contribution is -2.37. The van der Waals surface area contributed by atoms with Crippen molar-refractivity contribution in [3.63, 3.8) is 0 Å². The Kier molecular flexibility index (Phi) is 5.94. The lowest BCUT2D eigenvalue weighted by Gasteiger charge is -2.20. The molecule has 6 nitrogen and oxygen atoms in total. The van der Waals surface area contributed by atoms with E-state index in [0.29, 0.717) is 17.7 Å². The quantitative estimate of drug-likeness (QED) is 0.580. The van der Waals surface area contributed by atoms with Crippen molar-refractivity contribution in [1.29, 1.82) is 0 Å². The number of para-hydroxylation sites is 1. The minimum Gasteiger partial charge on any atom is -0.449 e. The van der Waals surface area contributed by atoms with Crippen LogP contribution in [0.4, 0.5) is 10.5 Å². The molecule has 29 heavy (non-hydrogen) atoms. The molecule has 2 heterocycles. The fraction of sp³-hybridized carbons (Fsp3) is 0.391. The van der Waals surface area contributed by atoms with E-state index in [1.54, 1.807) is 6.07 Å². The van der Waals surface area contributed by atoms with E-state index in [9.17, 15) is 9.59 Å². The standard InChI is InChI=1S/C23H29N3O3/c1-15-13-16(2)25-19(15)14-18-17-9-6-7-10-20(17)26(21(18)27)22(28)29-12-8-11-24-23(3,4)5/h6-7,9-10,13-14,24-25H,8,11-12H2,1-5H3/b18-14-.